The zero-order valence-corrected chi connectivity index (χ0v) is 13.0. The number of cyclic esters (lactones) is 1. The molecule has 0 unspecified atom stereocenters. The highest BCUT2D eigenvalue weighted by atomic mass is 16.7. The minimum absolute atomic E-state index is 0.0239. The van der Waals surface area contributed by atoms with Crippen LogP contribution >= 0.6 is 0 Å². The van der Waals surface area contributed by atoms with Gasteiger partial charge >= 0.3 is 5.97 Å². The van der Waals surface area contributed by atoms with E-state index in [2.05, 4.69) is 11.2 Å². The van der Waals surface area contributed by atoms with Gasteiger partial charge in [0.05, 0.1) is 17.9 Å². The van der Waals surface area contributed by atoms with E-state index >= 15 is 0 Å². The van der Waals surface area contributed by atoms with Crippen molar-refractivity contribution in [3.8, 4) is 12.3 Å². The number of hydrogen-bond acceptors (Lipinski definition) is 4. The number of ether oxygens (including phenoxy) is 2. The normalized spacial score (nSPS) is 28.8. The number of benzene rings is 1. The van der Waals surface area contributed by atoms with Crippen molar-refractivity contribution >= 4 is 11.9 Å². The van der Waals surface area contributed by atoms with Gasteiger partial charge in [-0.3, -0.25) is 4.79 Å². The van der Waals surface area contributed by atoms with Crippen LogP contribution < -0.4 is 5.32 Å². The summed E-state index contributed by atoms with van der Waals surface area (Å²) in [5.41, 5.74) is 4.08. The molecule has 1 fully saturated rings. The Kier molecular flexibility index (Phi) is 3.20. The molecule has 0 aromatic heterocycles. The summed E-state index contributed by atoms with van der Waals surface area (Å²) >= 11 is 0. The minimum atomic E-state index is -0.776. The van der Waals surface area contributed by atoms with E-state index in [9.17, 15) is 9.59 Å². The molecule has 1 aromatic carbocycles. The summed E-state index contributed by atoms with van der Waals surface area (Å²) in [6.45, 7) is 1.66. The Morgan fingerprint density at radius 1 is 1.42 bits per heavy atom. The molecule has 3 aliphatic rings. The molecule has 1 amide bonds. The number of rotatable bonds is 2. The van der Waals surface area contributed by atoms with Gasteiger partial charge in [0.15, 0.2) is 0 Å². The smallest absolute Gasteiger partial charge is 0.336 e. The van der Waals surface area contributed by atoms with E-state index in [4.69, 9.17) is 15.9 Å². The average molecular weight is 321 g/mol. The van der Waals surface area contributed by atoms with Gasteiger partial charge in [0.1, 0.15) is 0 Å². The van der Waals surface area contributed by atoms with Gasteiger partial charge in [0.2, 0.25) is 0 Å². The predicted octanol–water partition coefficient (Wildman–Crippen LogP) is 1.74. The van der Waals surface area contributed by atoms with Crippen molar-refractivity contribution in [2.75, 3.05) is 0 Å². The molecule has 1 aromatic rings. The fourth-order valence-electron chi connectivity index (χ4n) is 3.53. The molecule has 5 heteroatoms. The van der Waals surface area contributed by atoms with Crippen molar-refractivity contribution in [3.63, 3.8) is 0 Å². The number of amides is 1. The maximum absolute atomic E-state index is 12.3. The van der Waals surface area contributed by atoms with E-state index in [1.807, 2.05) is 18.2 Å². The van der Waals surface area contributed by atoms with Gasteiger partial charge in [-0.15, -0.1) is 6.42 Å². The van der Waals surface area contributed by atoms with Crippen LogP contribution in [-0.4, -0.2) is 18.2 Å². The second-order valence-corrected chi connectivity index (χ2v) is 6.11. The van der Waals surface area contributed by atoms with Crippen LogP contribution in [0.4, 0.5) is 0 Å². The molecule has 24 heavy (non-hydrogen) atoms. The zero-order chi connectivity index (χ0) is 16.8. The van der Waals surface area contributed by atoms with Crippen molar-refractivity contribution in [1.29, 1.82) is 0 Å². The Morgan fingerprint density at radius 3 is 2.96 bits per heavy atom. The average Bonchev–Trinajstić information content (AvgIpc) is 3.18. The lowest BCUT2D eigenvalue weighted by atomic mass is 9.97. The molecule has 5 nitrogen and oxygen atoms in total. The summed E-state index contributed by atoms with van der Waals surface area (Å²) in [6, 6.07) is 5.73. The number of nitrogens with one attached hydrogen (secondary N) is 1. The molecule has 4 rings (SSSR count). The monoisotopic (exact) mass is 321 g/mol. The maximum Gasteiger partial charge on any atom is 0.336 e. The first-order chi connectivity index (χ1) is 11.6. The van der Waals surface area contributed by atoms with Crippen molar-refractivity contribution < 1.29 is 19.1 Å². The molecule has 0 saturated carbocycles. The van der Waals surface area contributed by atoms with E-state index in [-0.39, 0.29) is 17.9 Å². The molecular formula is C19H15NO4. The summed E-state index contributed by atoms with van der Waals surface area (Å²) < 4.78 is 10.5. The van der Waals surface area contributed by atoms with Crippen molar-refractivity contribution in [3.05, 3.63) is 58.4 Å². The van der Waals surface area contributed by atoms with Crippen LogP contribution in [0.5, 0.6) is 0 Å². The lowest BCUT2D eigenvalue weighted by Crippen LogP contribution is -2.19. The van der Waals surface area contributed by atoms with Gasteiger partial charge in [0, 0.05) is 23.1 Å². The molecule has 120 valence electrons. The SMILES string of the molecule is C#Cc1cccc2c1C[C@@H]1C(=CO[C@@H]3C=C(C)C(=O)O3)C(=O)N[C@H]21. The summed E-state index contributed by atoms with van der Waals surface area (Å²) in [5, 5.41) is 2.99. The summed E-state index contributed by atoms with van der Waals surface area (Å²) in [5.74, 6) is 2.11. The second kappa shape index (κ2) is 5.27. The number of fused-ring (bicyclic) bond motifs is 3. The first kappa shape index (κ1) is 14.6. The van der Waals surface area contributed by atoms with Gasteiger partial charge in [-0.1, -0.05) is 18.1 Å². The number of carbonyl (C=O) groups excluding carboxylic acids is 2. The Morgan fingerprint density at radius 2 is 2.25 bits per heavy atom. The van der Waals surface area contributed by atoms with E-state index < -0.39 is 12.3 Å². The highest BCUT2D eigenvalue weighted by molar-refractivity contribution is 5.97. The second-order valence-electron chi connectivity index (χ2n) is 6.11. The molecule has 1 aliphatic carbocycles. The summed E-state index contributed by atoms with van der Waals surface area (Å²) in [7, 11) is 0. The largest absolute Gasteiger partial charge is 0.458 e. The van der Waals surface area contributed by atoms with Crippen LogP contribution in [0, 0.1) is 18.3 Å². The molecule has 2 aliphatic heterocycles. The molecule has 1 saturated heterocycles. The molecular weight excluding hydrogens is 306 g/mol. The highest BCUT2D eigenvalue weighted by Gasteiger charge is 2.44. The number of hydrogen-bond donors (Lipinski definition) is 1. The van der Waals surface area contributed by atoms with Crippen molar-refractivity contribution in [2.45, 2.75) is 25.7 Å². The molecule has 0 bridgehead atoms. The van der Waals surface area contributed by atoms with E-state index in [0.29, 0.717) is 17.6 Å². The predicted molar refractivity (Wildman–Crippen MR) is 85.3 cm³/mol. The fraction of sp³-hybridized carbons (Fsp3) is 0.263. The molecule has 1 N–H and O–H groups in total. The third kappa shape index (κ3) is 2.11. The molecule has 0 spiro atoms. The van der Waals surface area contributed by atoms with Gasteiger partial charge in [-0.2, -0.15) is 0 Å². The van der Waals surface area contributed by atoms with Crippen molar-refractivity contribution in [1.82, 2.24) is 5.32 Å². The number of carbonyl (C=O) groups is 2. The topological polar surface area (TPSA) is 64.6 Å². The van der Waals surface area contributed by atoms with Gasteiger partial charge in [-0.05, 0) is 30.5 Å². The lowest BCUT2D eigenvalue weighted by Gasteiger charge is -2.11. The first-order valence-electron chi connectivity index (χ1n) is 7.72. The maximum atomic E-state index is 12.3. The van der Waals surface area contributed by atoms with E-state index in [1.165, 1.54) is 6.26 Å². The van der Waals surface area contributed by atoms with Crippen LogP contribution in [0.3, 0.4) is 0 Å². The minimum Gasteiger partial charge on any atom is -0.458 e. The quantitative estimate of drug-likeness (QED) is 0.390. The third-order valence-corrected chi connectivity index (χ3v) is 4.74. The first-order valence-corrected chi connectivity index (χ1v) is 7.72. The Labute approximate surface area is 139 Å². The zero-order valence-electron chi connectivity index (χ0n) is 13.0. The van der Waals surface area contributed by atoms with E-state index in [1.54, 1.807) is 13.0 Å². The van der Waals surface area contributed by atoms with Gasteiger partial charge < -0.3 is 14.8 Å². The fourth-order valence-corrected chi connectivity index (χ4v) is 3.53. The van der Waals surface area contributed by atoms with Crippen LogP contribution in [0.1, 0.15) is 29.7 Å². The van der Waals surface area contributed by atoms with Crippen molar-refractivity contribution in [2.24, 2.45) is 5.92 Å². The number of esters is 1. The Balaban J connectivity index is 1.59. The Bertz CT molecular complexity index is 859. The molecule has 0 radical (unpaired) electrons. The van der Waals surface area contributed by atoms with Gasteiger partial charge in [-0.25, -0.2) is 4.79 Å². The van der Waals surface area contributed by atoms with Gasteiger partial charge in [0.25, 0.3) is 12.2 Å². The standard InChI is InChI=1S/C19H15NO4/c1-3-11-5-4-6-12-13(11)8-14-15(18(21)20-17(12)14)9-23-16-7-10(2)19(22)24-16/h1,4-7,9,14,16-17H,8H2,2H3,(H,20,21)/t14-,16+,17-/m1/s1. The van der Waals surface area contributed by atoms with Crippen LogP contribution in [-0.2, 0) is 25.5 Å². The third-order valence-electron chi connectivity index (χ3n) is 4.74. The van der Waals surface area contributed by atoms with E-state index in [0.717, 1.165) is 16.7 Å². The highest BCUT2D eigenvalue weighted by Crippen LogP contribution is 2.45. The van der Waals surface area contributed by atoms with Crippen LogP contribution in [0.25, 0.3) is 0 Å². The molecule has 3 atom stereocenters. The summed E-state index contributed by atoms with van der Waals surface area (Å²) in [6.07, 6.45) is 8.48. The number of terminal acetylenes is 1. The Hall–Kier alpha value is -3.00. The molecule has 2 heterocycles. The van der Waals surface area contributed by atoms with Crippen LogP contribution in [0.2, 0.25) is 0 Å². The summed E-state index contributed by atoms with van der Waals surface area (Å²) in [4.78, 5) is 23.6. The van der Waals surface area contributed by atoms with Crippen LogP contribution in [0.15, 0.2) is 41.7 Å². The lowest BCUT2D eigenvalue weighted by molar-refractivity contribution is -0.152.